The average Bonchev–Trinajstić information content (AvgIpc) is 2.73. The lowest BCUT2D eigenvalue weighted by molar-refractivity contribution is -0.384. The van der Waals surface area contributed by atoms with E-state index in [2.05, 4.69) is 4.98 Å². The molecule has 1 aromatic heterocycles. The quantitative estimate of drug-likeness (QED) is 0.671. The predicted octanol–water partition coefficient (Wildman–Crippen LogP) is 2.66. The summed E-state index contributed by atoms with van der Waals surface area (Å²) < 4.78 is 0.831. The number of fused-ring (bicyclic) bond motifs is 1. The normalized spacial score (nSPS) is 14.8. The van der Waals surface area contributed by atoms with Gasteiger partial charge in [0, 0.05) is 17.5 Å². The van der Waals surface area contributed by atoms with Gasteiger partial charge in [0.05, 0.1) is 15.1 Å². The predicted molar refractivity (Wildman–Crippen MR) is 68.3 cm³/mol. The lowest BCUT2D eigenvalue weighted by atomic mass is 9.93. The Balaban J connectivity index is 2.70. The van der Waals surface area contributed by atoms with Crippen LogP contribution in [0.2, 0.25) is 0 Å². The molecule has 0 aliphatic carbocycles. The Hall–Kier alpha value is -1.53. The first-order valence-electron chi connectivity index (χ1n) is 5.28. The lowest BCUT2D eigenvalue weighted by Crippen LogP contribution is -2.23. The molecule has 2 unspecified atom stereocenters. The summed E-state index contributed by atoms with van der Waals surface area (Å²) in [6.45, 7) is 3.74. The third-order valence-corrected chi connectivity index (χ3v) is 3.76. The van der Waals surface area contributed by atoms with Crippen LogP contribution in [0.5, 0.6) is 0 Å². The molecule has 17 heavy (non-hydrogen) atoms. The molecule has 0 fully saturated rings. The number of benzene rings is 1. The van der Waals surface area contributed by atoms with Gasteiger partial charge in [0.15, 0.2) is 5.52 Å². The maximum Gasteiger partial charge on any atom is 0.299 e. The molecule has 0 bridgehead atoms. The van der Waals surface area contributed by atoms with Gasteiger partial charge in [-0.25, -0.2) is 4.98 Å². The summed E-state index contributed by atoms with van der Waals surface area (Å²) in [4.78, 5) is 14.9. The highest BCUT2D eigenvalue weighted by Gasteiger charge is 2.25. The molecule has 1 heterocycles. The number of hydrogen-bond acceptors (Lipinski definition) is 5. The van der Waals surface area contributed by atoms with Crippen LogP contribution in [0.4, 0.5) is 5.69 Å². The highest BCUT2D eigenvalue weighted by atomic mass is 32.1. The molecule has 1 aromatic carbocycles. The Kier molecular flexibility index (Phi) is 3.08. The van der Waals surface area contributed by atoms with Gasteiger partial charge in [0.1, 0.15) is 0 Å². The van der Waals surface area contributed by atoms with Gasteiger partial charge in [-0.3, -0.25) is 10.1 Å². The van der Waals surface area contributed by atoms with Crippen molar-refractivity contribution in [2.24, 2.45) is 5.73 Å². The van der Waals surface area contributed by atoms with Crippen LogP contribution in [-0.4, -0.2) is 15.9 Å². The highest BCUT2D eigenvalue weighted by Crippen LogP contribution is 2.35. The zero-order valence-corrected chi connectivity index (χ0v) is 10.4. The summed E-state index contributed by atoms with van der Waals surface area (Å²) in [6.07, 6.45) is 0. The first-order valence-corrected chi connectivity index (χ1v) is 6.16. The second kappa shape index (κ2) is 4.38. The van der Waals surface area contributed by atoms with Crippen LogP contribution >= 0.6 is 11.3 Å². The second-order valence-corrected chi connectivity index (χ2v) is 4.99. The molecule has 0 aliphatic rings. The number of aromatic nitrogens is 1. The standard InChI is InChI=1S/C11H13N3O2S/c1-6(7(2)12)8-3-4-9-10(13-5-17-9)11(8)14(15)16/h3-7H,12H2,1-2H3. The van der Waals surface area contributed by atoms with Crippen molar-refractivity contribution in [3.05, 3.63) is 33.3 Å². The molecule has 0 saturated heterocycles. The minimum Gasteiger partial charge on any atom is -0.327 e. The zero-order chi connectivity index (χ0) is 12.6. The molecule has 2 atom stereocenters. The van der Waals surface area contributed by atoms with Crippen molar-refractivity contribution in [1.29, 1.82) is 0 Å². The van der Waals surface area contributed by atoms with E-state index in [0.717, 1.165) is 4.70 Å². The Labute approximate surface area is 102 Å². The van der Waals surface area contributed by atoms with Crippen LogP contribution in [0.25, 0.3) is 10.2 Å². The molecule has 2 aromatic rings. The maximum absolute atomic E-state index is 11.2. The molecular weight excluding hydrogens is 238 g/mol. The third-order valence-electron chi connectivity index (χ3n) is 2.97. The minimum absolute atomic E-state index is 0.0681. The van der Waals surface area contributed by atoms with E-state index in [9.17, 15) is 10.1 Å². The van der Waals surface area contributed by atoms with Gasteiger partial charge < -0.3 is 5.73 Å². The number of nitro benzene ring substituents is 1. The Bertz CT molecular complexity index is 565. The number of nitrogens with two attached hydrogens (primary N) is 1. The van der Waals surface area contributed by atoms with Gasteiger partial charge in [-0.15, -0.1) is 11.3 Å². The van der Waals surface area contributed by atoms with E-state index in [1.807, 2.05) is 19.9 Å². The van der Waals surface area contributed by atoms with Gasteiger partial charge in [-0.1, -0.05) is 13.0 Å². The van der Waals surface area contributed by atoms with E-state index in [1.165, 1.54) is 11.3 Å². The Morgan fingerprint density at radius 2 is 2.18 bits per heavy atom. The van der Waals surface area contributed by atoms with Crippen molar-refractivity contribution in [3.63, 3.8) is 0 Å². The van der Waals surface area contributed by atoms with Crippen LogP contribution in [0.1, 0.15) is 25.3 Å². The highest BCUT2D eigenvalue weighted by molar-refractivity contribution is 7.16. The minimum atomic E-state index is -0.365. The zero-order valence-electron chi connectivity index (χ0n) is 9.58. The van der Waals surface area contributed by atoms with E-state index in [0.29, 0.717) is 11.1 Å². The first-order chi connectivity index (χ1) is 8.02. The lowest BCUT2D eigenvalue weighted by Gasteiger charge is -2.15. The molecule has 0 saturated carbocycles. The van der Waals surface area contributed by atoms with Gasteiger partial charge in [-0.2, -0.15) is 0 Å². The third kappa shape index (κ3) is 2.01. The summed E-state index contributed by atoms with van der Waals surface area (Å²) in [7, 11) is 0. The van der Waals surface area contributed by atoms with Crippen molar-refractivity contribution in [2.45, 2.75) is 25.8 Å². The van der Waals surface area contributed by atoms with Crippen molar-refractivity contribution in [3.8, 4) is 0 Å². The van der Waals surface area contributed by atoms with Crippen molar-refractivity contribution < 1.29 is 4.92 Å². The topological polar surface area (TPSA) is 82.0 Å². The summed E-state index contributed by atoms with van der Waals surface area (Å²) in [5.41, 5.74) is 8.65. The molecule has 5 nitrogen and oxygen atoms in total. The summed E-state index contributed by atoms with van der Waals surface area (Å²) in [5.74, 6) is -0.0681. The summed E-state index contributed by atoms with van der Waals surface area (Å²) in [5, 5.41) is 11.2. The molecule has 2 N–H and O–H groups in total. The van der Waals surface area contributed by atoms with E-state index >= 15 is 0 Å². The van der Waals surface area contributed by atoms with E-state index in [-0.39, 0.29) is 22.6 Å². The summed E-state index contributed by atoms with van der Waals surface area (Å²) in [6, 6.07) is 3.52. The molecule has 0 spiro atoms. The van der Waals surface area contributed by atoms with Crippen LogP contribution in [0.3, 0.4) is 0 Å². The van der Waals surface area contributed by atoms with E-state index in [1.54, 1.807) is 11.6 Å². The fourth-order valence-electron chi connectivity index (χ4n) is 1.77. The van der Waals surface area contributed by atoms with Crippen LogP contribution in [-0.2, 0) is 0 Å². The van der Waals surface area contributed by atoms with E-state index in [4.69, 9.17) is 5.73 Å². The van der Waals surface area contributed by atoms with Crippen molar-refractivity contribution in [1.82, 2.24) is 4.98 Å². The second-order valence-electron chi connectivity index (χ2n) is 4.11. The molecule has 0 amide bonds. The molecule has 90 valence electrons. The van der Waals surface area contributed by atoms with Gasteiger partial charge in [0.25, 0.3) is 5.69 Å². The van der Waals surface area contributed by atoms with Crippen LogP contribution in [0, 0.1) is 10.1 Å². The van der Waals surface area contributed by atoms with Crippen LogP contribution in [0.15, 0.2) is 17.6 Å². The monoisotopic (exact) mass is 251 g/mol. The smallest absolute Gasteiger partial charge is 0.299 e. The molecular formula is C11H13N3O2S. The fraction of sp³-hybridized carbons (Fsp3) is 0.364. The molecule has 2 rings (SSSR count). The van der Waals surface area contributed by atoms with Crippen LogP contribution < -0.4 is 5.73 Å². The average molecular weight is 251 g/mol. The largest absolute Gasteiger partial charge is 0.327 e. The van der Waals surface area contributed by atoms with Gasteiger partial charge in [0.2, 0.25) is 0 Å². The van der Waals surface area contributed by atoms with Gasteiger partial charge >= 0.3 is 0 Å². The molecule has 0 aliphatic heterocycles. The first kappa shape index (κ1) is 11.9. The molecule has 0 radical (unpaired) electrons. The van der Waals surface area contributed by atoms with Crippen molar-refractivity contribution in [2.75, 3.05) is 0 Å². The number of rotatable bonds is 3. The van der Waals surface area contributed by atoms with Gasteiger partial charge in [-0.05, 0) is 13.0 Å². The summed E-state index contributed by atoms with van der Waals surface area (Å²) >= 11 is 1.40. The fourth-order valence-corrected chi connectivity index (χ4v) is 2.45. The SMILES string of the molecule is CC(N)C(C)c1ccc2scnc2c1[N+](=O)[O-]. The number of nitro groups is 1. The van der Waals surface area contributed by atoms with E-state index < -0.39 is 0 Å². The maximum atomic E-state index is 11.2. The van der Waals surface area contributed by atoms with Crippen molar-refractivity contribution >= 4 is 27.2 Å². The number of thiazole rings is 1. The Morgan fingerprint density at radius 1 is 1.47 bits per heavy atom. The number of hydrogen-bond donors (Lipinski definition) is 1. The molecule has 6 heteroatoms. The number of nitrogens with zero attached hydrogens (tertiary/aromatic N) is 2. The Morgan fingerprint density at radius 3 is 2.76 bits per heavy atom.